The molecule has 6 rings (SSSR count). The number of aliphatic hydroxyl groups excluding tert-OH is 3. The summed E-state index contributed by atoms with van der Waals surface area (Å²) in [6.07, 6.45) is -2.50. The van der Waals surface area contributed by atoms with Gasteiger partial charge in [0.25, 0.3) is 0 Å². The molecule has 0 saturated carbocycles. The molecule has 0 fully saturated rings. The Balaban J connectivity index is 0.905. The van der Waals surface area contributed by atoms with Gasteiger partial charge in [0.1, 0.15) is 92.5 Å². The molecule has 6 aromatic rings. The summed E-state index contributed by atoms with van der Waals surface area (Å²) in [7, 11) is 0. The predicted molar refractivity (Wildman–Crippen MR) is 280 cm³/mol. The molecule has 6 aromatic carbocycles. The monoisotopic (exact) mass is 1280 g/mol. The summed E-state index contributed by atoms with van der Waals surface area (Å²) < 4.78 is 40.1. The first-order chi connectivity index (χ1) is 31.4. The summed E-state index contributed by atoms with van der Waals surface area (Å²) in [5.74, 6) is 3.81. The quantitative estimate of drug-likeness (QED) is 0.0611. The van der Waals surface area contributed by atoms with Crippen LogP contribution in [0.2, 0.25) is 0 Å². The van der Waals surface area contributed by atoms with Gasteiger partial charge in [-0.25, -0.2) is 0 Å². The number of hydrogen-bond donors (Lipinski definition) is 3. The van der Waals surface area contributed by atoms with Gasteiger partial charge in [0.2, 0.25) is 0 Å². The first-order valence-electron chi connectivity index (χ1n) is 20.9. The molecule has 0 radical (unpaired) electrons. The Morgan fingerprint density at radius 3 is 0.758 bits per heavy atom. The Labute approximate surface area is 436 Å². The van der Waals surface area contributed by atoms with E-state index in [4.69, 9.17) is 28.4 Å². The van der Waals surface area contributed by atoms with Crippen molar-refractivity contribution >= 4 is 95.6 Å². The number of ether oxygens (including phenoxy) is 6. The number of benzene rings is 6. The highest BCUT2D eigenvalue weighted by molar-refractivity contribution is 9.12. The van der Waals surface area contributed by atoms with E-state index in [9.17, 15) is 15.3 Å². The first kappa shape index (κ1) is 52.3. The zero-order chi connectivity index (χ0) is 47.6. The van der Waals surface area contributed by atoms with E-state index in [-0.39, 0.29) is 50.5 Å². The van der Waals surface area contributed by atoms with E-state index >= 15 is 0 Å². The molecule has 3 N–H and O–H groups in total. The fourth-order valence-electron chi connectivity index (χ4n) is 6.81. The van der Waals surface area contributed by atoms with Crippen LogP contribution in [0.1, 0.15) is 49.9 Å². The third-order valence-corrected chi connectivity index (χ3v) is 14.1. The molecule has 0 aromatic heterocycles. The average molecular weight is 1290 g/mol. The van der Waals surface area contributed by atoms with Crippen molar-refractivity contribution in [3.05, 3.63) is 170 Å². The van der Waals surface area contributed by atoms with Gasteiger partial charge < -0.3 is 43.7 Å². The zero-order valence-corrected chi connectivity index (χ0v) is 46.1. The van der Waals surface area contributed by atoms with Gasteiger partial charge in [0.05, 0.1) is 17.9 Å². The van der Waals surface area contributed by atoms with Crippen LogP contribution >= 0.6 is 95.6 Å². The molecule has 0 aliphatic carbocycles. The normalized spacial score (nSPS) is 13.1. The molecule has 2 atom stereocenters. The molecule has 0 spiro atoms. The largest absolute Gasteiger partial charge is 0.491 e. The SMILES string of the molecule is CC(C)(c1ccc(OCC(O)COc2ccc(C(C)(C)c3ccc(OCC(O)COc4c(Br)cc(Br)cc4Br)cc3)cc2)cc1)c1ccc(OCC(O)COc2c(Br)cc(Br)cc2Br)cc1. The lowest BCUT2D eigenvalue weighted by molar-refractivity contribution is 0.0621. The van der Waals surface area contributed by atoms with Gasteiger partial charge in [-0.15, -0.1) is 0 Å². The summed E-state index contributed by atoms with van der Waals surface area (Å²) in [5, 5.41) is 31.7. The van der Waals surface area contributed by atoms with Crippen molar-refractivity contribution in [1.82, 2.24) is 0 Å². The van der Waals surface area contributed by atoms with Crippen molar-refractivity contribution in [3.63, 3.8) is 0 Å². The van der Waals surface area contributed by atoms with Gasteiger partial charge in [-0.1, -0.05) is 108 Å². The van der Waals surface area contributed by atoms with Gasteiger partial charge in [0, 0.05) is 19.8 Å². The predicted octanol–water partition coefficient (Wildman–Crippen LogP) is 13.4. The van der Waals surface area contributed by atoms with Crippen molar-refractivity contribution < 1.29 is 43.7 Å². The van der Waals surface area contributed by atoms with E-state index in [0.29, 0.717) is 34.5 Å². The van der Waals surface area contributed by atoms with Crippen molar-refractivity contribution in [2.24, 2.45) is 0 Å². The van der Waals surface area contributed by atoms with Crippen LogP contribution in [0.3, 0.4) is 0 Å². The Morgan fingerprint density at radius 1 is 0.348 bits per heavy atom. The average Bonchev–Trinajstić information content (AvgIpc) is 3.28. The molecule has 2 unspecified atom stereocenters. The molecular weight excluding hydrogens is 1240 g/mol. The first-order valence-corrected chi connectivity index (χ1v) is 25.7. The van der Waals surface area contributed by atoms with E-state index in [2.05, 4.69) is 123 Å². The second-order valence-corrected chi connectivity index (χ2v) is 21.8. The Bertz CT molecular complexity index is 2280. The molecule has 0 amide bonds. The molecule has 0 aliphatic heterocycles. The molecule has 15 heteroatoms. The van der Waals surface area contributed by atoms with E-state index in [1.54, 1.807) is 0 Å². The highest BCUT2D eigenvalue weighted by Crippen LogP contribution is 2.39. The van der Waals surface area contributed by atoms with Crippen molar-refractivity contribution in [2.75, 3.05) is 39.6 Å². The van der Waals surface area contributed by atoms with E-state index in [0.717, 1.165) is 49.1 Å². The van der Waals surface area contributed by atoms with Crippen LogP contribution in [-0.2, 0) is 10.8 Å². The highest BCUT2D eigenvalue weighted by atomic mass is 79.9. The summed E-state index contributed by atoms with van der Waals surface area (Å²) >= 11 is 20.8. The molecule has 350 valence electrons. The topological polar surface area (TPSA) is 116 Å². The number of hydrogen-bond acceptors (Lipinski definition) is 9. The lowest BCUT2D eigenvalue weighted by Gasteiger charge is -2.27. The van der Waals surface area contributed by atoms with E-state index in [1.165, 1.54) is 0 Å². The maximum Gasteiger partial charge on any atom is 0.147 e. The summed E-state index contributed by atoms with van der Waals surface area (Å²) in [6, 6.07) is 39.0. The Morgan fingerprint density at radius 2 is 0.545 bits per heavy atom. The zero-order valence-electron chi connectivity index (χ0n) is 36.6. The summed E-state index contributed by atoms with van der Waals surface area (Å²) in [4.78, 5) is 0. The Kier molecular flexibility index (Phi) is 19.0. The van der Waals surface area contributed by atoms with Gasteiger partial charge >= 0.3 is 0 Å². The smallest absolute Gasteiger partial charge is 0.147 e. The maximum atomic E-state index is 10.7. The van der Waals surface area contributed by atoms with Crippen molar-refractivity contribution in [2.45, 2.75) is 56.8 Å². The van der Waals surface area contributed by atoms with Crippen LogP contribution in [-0.4, -0.2) is 73.3 Å². The van der Waals surface area contributed by atoms with Crippen LogP contribution in [0.4, 0.5) is 0 Å². The second-order valence-electron chi connectivity index (χ2n) is 16.6. The van der Waals surface area contributed by atoms with Crippen molar-refractivity contribution in [1.29, 1.82) is 0 Å². The van der Waals surface area contributed by atoms with Crippen LogP contribution in [0.15, 0.2) is 148 Å². The van der Waals surface area contributed by atoms with Crippen LogP contribution < -0.4 is 28.4 Å². The van der Waals surface area contributed by atoms with Gasteiger partial charge in [-0.2, -0.15) is 0 Å². The van der Waals surface area contributed by atoms with Gasteiger partial charge in [-0.05, 0) is 159 Å². The highest BCUT2D eigenvalue weighted by Gasteiger charge is 2.25. The lowest BCUT2D eigenvalue weighted by atomic mass is 9.78. The molecular formula is C51H50Br6O9. The molecule has 0 heterocycles. The fraction of sp³-hybridized carbons (Fsp3) is 0.294. The minimum absolute atomic E-state index is 0.0699. The van der Waals surface area contributed by atoms with Crippen LogP contribution in [0.25, 0.3) is 0 Å². The van der Waals surface area contributed by atoms with Crippen molar-refractivity contribution in [3.8, 4) is 34.5 Å². The number of rotatable bonds is 22. The molecule has 9 nitrogen and oxygen atoms in total. The second kappa shape index (κ2) is 23.9. The molecule has 0 aliphatic rings. The number of halogens is 6. The number of aliphatic hydroxyl groups is 3. The lowest BCUT2D eigenvalue weighted by Crippen LogP contribution is -2.25. The summed E-state index contributed by atoms with van der Waals surface area (Å²) in [6.45, 7) is 9.05. The Hall–Kier alpha value is -3.12. The van der Waals surface area contributed by atoms with Gasteiger partial charge in [-0.3, -0.25) is 0 Å². The third-order valence-electron chi connectivity index (χ3n) is 10.8. The van der Waals surface area contributed by atoms with Crippen LogP contribution in [0.5, 0.6) is 34.5 Å². The minimum Gasteiger partial charge on any atom is -0.491 e. The summed E-state index contributed by atoms with van der Waals surface area (Å²) in [5.41, 5.74) is 3.76. The van der Waals surface area contributed by atoms with Crippen LogP contribution in [0, 0.1) is 0 Å². The fourth-order valence-corrected chi connectivity index (χ4v) is 11.8. The molecule has 0 bridgehead atoms. The third kappa shape index (κ3) is 14.5. The molecule has 0 saturated heterocycles. The van der Waals surface area contributed by atoms with Gasteiger partial charge in [0.15, 0.2) is 0 Å². The van der Waals surface area contributed by atoms with E-state index in [1.807, 2.05) is 121 Å². The molecule has 66 heavy (non-hydrogen) atoms. The standard InChI is InChI=1S/C51H50Br6O9/c1-50(2,33-9-17-42(18-10-33)63-27-38(59)29-65-48-44(54)21-35(52)22-45(48)55)31-5-13-40(14-6-31)61-25-37(58)26-62-41-15-7-32(8-16-41)51(3,4)34-11-19-43(20-12-34)64-28-39(60)30-66-49-46(56)23-36(53)24-47(49)57/h5-24,37-39,58-60H,25-30H2,1-4H3. The maximum absolute atomic E-state index is 10.7. The van der Waals surface area contributed by atoms with E-state index < -0.39 is 18.3 Å². The minimum atomic E-state index is -0.840.